The molecule has 2 atom stereocenters. The van der Waals surface area contributed by atoms with Crippen molar-refractivity contribution in [2.45, 2.75) is 51.8 Å². The number of ether oxygens (including phenoxy) is 6. The Morgan fingerprint density at radius 3 is 2.53 bits per heavy atom. The Kier molecular flexibility index (Phi) is 9.66. The molecule has 2 unspecified atom stereocenters. The third kappa shape index (κ3) is 8.08. The molecule has 43 heavy (non-hydrogen) atoms. The summed E-state index contributed by atoms with van der Waals surface area (Å²) >= 11 is 0. The van der Waals surface area contributed by atoms with Gasteiger partial charge in [0.05, 0.1) is 19.3 Å². The first-order valence-electron chi connectivity index (χ1n) is 13.6. The molecule has 2 N–H and O–H groups in total. The molecule has 2 aliphatic rings. The summed E-state index contributed by atoms with van der Waals surface area (Å²) < 4.78 is 31.8. The maximum Gasteiger partial charge on any atom is 0.511 e. The summed E-state index contributed by atoms with van der Waals surface area (Å²) in [6.07, 6.45) is 0.424. The van der Waals surface area contributed by atoms with Gasteiger partial charge in [0.25, 0.3) is 5.91 Å². The highest BCUT2D eigenvalue weighted by Crippen LogP contribution is 2.34. The minimum Gasteiger partial charge on any atom is -0.496 e. The number of carbonyl (C=O) groups excluding carboxylic acids is 3. The average Bonchev–Trinajstić information content (AvgIpc) is 3.74. The molecule has 1 aliphatic heterocycles. The number of amides is 1. The van der Waals surface area contributed by atoms with Crippen molar-refractivity contribution in [2.75, 3.05) is 26.9 Å². The molecule has 1 aliphatic carbocycles. The number of nitrogens with one attached hydrogen (secondary N) is 1. The Hall–Kier alpha value is -4.49. The van der Waals surface area contributed by atoms with Crippen molar-refractivity contribution in [1.82, 2.24) is 10.3 Å². The Labute approximate surface area is 248 Å². The molecule has 13 nitrogen and oxygen atoms in total. The lowest BCUT2D eigenvalue weighted by Gasteiger charge is -2.18. The number of aromatic carboxylic acids is 1. The van der Waals surface area contributed by atoms with Crippen LogP contribution in [0.4, 0.5) is 4.79 Å². The van der Waals surface area contributed by atoms with Crippen LogP contribution in [0, 0.1) is 5.92 Å². The van der Waals surface area contributed by atoms with E-state index in [4.69, 9.17) is 28.4 Å². The minimum atomic E-state index is -1.43. The summed E-state index contributed by atoms with van der Waals surface area (Å²) in [6, 6.07) is 5.54. The first kappa shape index (κ1) is 31.4. The van der Waals surface area contributed by atoms with E-state index in [0.717, 1.165) is 12.8 Å². The summed E-state index contributed by atoms with van der Waals surface area (Å²) in [7, 11) is 1.40. The molecule has 0 bridgehead atoms. The largest absolute Gasteiger partial charge is 0.511 e. The molecule has 2 heterocycles. The van der Waals surface area contributed by atoms with Crippen molar-refractivity contribution < 1.29 is 52.7 Å². The zero-order valence-corrected chi connectivity index (χ0v) is 24.3. The van der Waals surface area contributed by atoms with Crippen molar-refractivity contribution in [3.8, 4) is 16.9 Å². The molecule has 1 saturated heterocycles. The fourth-order valence-electron chi connectivity index (χ4n) is 4.35. The predicted molar refractivity (Wildman–Crippen MR) is 151 cm³/mol. The minimum absolute atomic E-state index is 0.0471. The number of carboxylic acid groups (broad SMARTS) is 1. The molecule has 13 heteroatoms. The normalized spacial score (nSPS) is 17.8. The number of hydrogen-bond donors (Lipinski definition) is 2. The van der Waals surface area contributed by atoms with Gasteiger partial charge in [0.1, 0.15) is 24.2 Å². The van der Waals surface area contributed by atoms with E-state index in [1.54, 1.807) is 13.8 Å². The van der Waals surface area contributed by atoms with E-state index in [9.17, 15) is 24.3 Å². The number of carbonyl (C=O) groups is 4. The zero-order chi connectivity index (χ0) is 31.3. The van der Waals surface area contributed by atoms with E-state index in [-0.39, 0.29) is 41.3 Å². The number of benzene rings is 1. The van der Waals surface area contributed by atoms with E-state index >= 15 is 0 Å². The highest BCUT2D eigenvalue weighted by molar-refractivity contribution is 6.03. The Morgan fingerprint density at radius 1 is 1.19 bits per heavy atom. The lowest BCUT2D eigenvalue weighted by molar-refractivity contribution is -0.145. The van der Waals surface area contributed by atoms with Crippen LogP contribution in [0.15, 0.2) is 30.8 Å². The number of aromatic nitrogens is 1. The maximum absolute atomic E-state index is 13.4. The fourth-order valence-corrected chi connectivity index (χ4v) is 4.35. The number of nitrogens with zero attached hydrogens (tertiary/aromatic N) is 1. The zero-order valence-electron chi connectivity index (χ0n) is 24.3. The number of methoxy groups -OCH3 is 1. The third-order valence-corrected chi connectivity index (χ3v) is 6.67. The molecule has 2 fully saturated rings. The van der Waals surface area contributed by atoms with Gasteiger partial charge in [0, 0.05) is 30.2 Å². The molecule has 4 rings (SSSR count). The molecule has 2 aromatic rings. The van der Waals surface area contributed by atoms with Gasteiger partial charge in [0.15, 0.2) is 11.5 Å². The molecule has 0 spiro atoms. The first-order chi connectivity index (χ1) is 20.4. The number of rotatable bonds is 12. The van der Waals surface area contributed by atoms with Crippen LogP contribution >= 0.6 is 0 Å². The average molecular weight is 599 g/mol. The van der Waals surface area contributed by atoms with E-state index in [0.29, 0.717) is 23.8 Å². The maximum atomic E-state index is 13.4. The van der Waals surface area contributed by atoms with Crippen LogP contribution < -0.4 is 10.1 Å². The van der Waals surface area contributed by atoms with Crippen LogP contribution in [0.2, 0.25) is 0 Å². The fraction of sp³-hybridized carbons (Fsp3) is 0.433. The molecule has 1 aromatic heterocycles. The lowest BCUT2D eigenvalue weighted by Crippen LogP contribution is -2.29. The number of carboxylic acids is 1. The van der Waals surface area contributed by atoms with Gasteiger partial charge in [-0.25, -0.2) is 19.4 Å². The molecular weight excluding hydrogens is 564 g/mol. The van der Waals surface area contributed by atoms with Gasteiger partial charge in [-0.1, -0.05) is 12.7 Å². The van der Waals surface area contributed by atoms with Gasteiger partial charge >= 0.3 is 18.1 Å². The van der Waals surface area contributed by atoms with Crippen LogP contribution in [0.1, 0.15) is 70.5 Å². The molecule has 0 radical (unpaired) electrons. The second-order valence-electron chi connectivity index (χ2n) is 10.5. The second-order valence-corrected chi connectivity index (χ2v) is 10.5. The van der Waals surface area contributed by atoms with Gasteiger partial charge < -0.3 is 38.8 Å². The standard InChI is InChI=1S/C30H34N2O11/c1-6-18-11-22(27(34)35)21(12-24(18)38-5)20-9-10-23(26(33)31-13-17-7-8-17)32-25(20)28(36)41-16(2)42-29(37)39-14-19-15-40-30(3,4)43-19/h6,9-12,16-17,19H,1,7-8,13-15H2,2-5H3,(H,31,33)(H,34,35). The Balaban J connectivity index is 1.58. The van der Waals surface area contributed by atoms with E-state index in [2.05, 4.69) is 16.9 Å². The molecule has 1 amide bonds. The number of esters is 1. The van der Waals surface area contributed by atoms with Gasteiger partial charge in [0.2, 0.25) is 6.29 Å². The van der Waals surface area contributed by atoms with Gasteiger partial charge in [-0.2, -0.15) is 0 Å². The van der Waals surface area contributed by atoms with Crippen molar-refractivity contribution in [3.05, 3.63) is 53.4 Å². The van der Waals surface area contributed by atoms with E-state index in [1.165, 1.54) is 44.4 Å². The van der Waals surface area contributed by atoms with Crippen LogP contribution in [-0.2, 0) is 23.7 Å². The Morgan fingerprint density at radius 2 is 1.93 bits per heavy atom. The summed E-state index contributed by atoms with van der Waals surface area (Å²) in [6.45, 7) is 8.96. The number of pyridine rings is 1. The molecule has 1 aromatic carbocycles. The SMILES string of the molecule is C=Cc1cc(C(=O)O)c(-c2ccc(C(=O)NCC3CC3)nc2C(=O)OC(C)OC(=O)OCC2COC(C)(C)O2)cc1OC. The summed E-state index contributed by atoms with van der Waals surface area (Å²) in [5, 5.41) is 12.7. The van der Waals surface area contributed by atoms with Crippen LogP contribution in [0.5, 0.6) is 5.75 Å². The van der Waals surface area contributed by atoms with E-state index < -0.39 is 42.2 Å². The van der Waals surface area contributed by atoms with Gasteiger partial charge in [-0.3, -0.25) is 4.79 Å². The molecule has 1 saturated carbocycles. The van der Waals surface area contributed by atoms with Crippen molar-refractivity contribution in [3.63, 3.8) is 0 Å². The van der Waals surface area contributed by atoms with Crippen LogP contribution in [0.3, 0.4) is 0 Å². The lowest BCUT2D eigenvalue weighted by atomic mass is 9.95. The second kappa shape index (κ2) is 13.2. The summed E-state index contributed by atoms with van der Waals surface area (Å²) in [5.41, 5.74) is -0.0999. The topological polar surface area (TPSA) is 169 Å². The van der Waals surface area contributed by atoms with Crippen molar-refractivity contribution >= 4 is 30.1 Å². The van der Waals surface area contributed by atoms with Gasteiger partial charge in [-0.05, 0) is 56.9 Å². The smallest absolute Gasteiger partial charge is 0.496 e. The molecular formula is C30H34N2O11. The molecule has 230 valence electrons. The summed E-state index contributed by atoms with van der Waals surface area (Å²) in [4.78, 5) is 54.8. The predicted octanol–water partition coefficient (Wildman–Crippen LogP) is 4.05. The number of hydrogen-bond acceptors (Lipinski definition) is 11. The Bertz CT molecular complexity index is 1420. The van der Waals surface area contributed by atoms with E-state index in [1.807, 2.05) is 0 Å². The van der Waals surface area contributed by atoms with Gasteiger partial charge in [-0.15, -0.1) is 0 Å². The quantitative estimate of drug-likeness (QED) is 0.266. The van der Waals surface area contributed by atoms with Crippen molar-refractivity contribution in [1.29, 1.82) is 0 Å². The summed E-state index contributed by atoms with van der Waals surface area (Å²) in [5.74, 6) is -2.99. The highest BCUT2D eigenvalue weighted by Gasteiger charge is 2.34. The first-order valence-corrected chi connectivity index (χ1v) is 13.6. The van der Waals surface area contributed by atoms with Crippen LogP contribution in [-0.4, -0.2) is 79.1 Å². The monoisotopic (exact) mass is 598 g/mol. The third-order valence-electron chi connectivity index (χ3n) is 6.67. The van der Waals surface area contributed by atoms with Crippen molar-refractivity contribution in [2.24, 2.45) is 5.92 Å². The van der Waals surface area contributed by atoms with Crippen LogP contribution in [0.25, 0.3) is 17.2 Å². The highest BCUT2D eigenvalue weighted by atomic mass is 16.8.